The molecule has 2 atom stereocenters. The van der Waals surface area contributed by atoms with Gasteiger partial charge in [-0.05, 0) is 12.1 Å². The van der Waals surface area contributed by atoms with E-state index in [0.717, 1.165) is 25.3 Å². The minimum Gasteiger partial charge on any atom is -0.395 e. The van der Waals surface area contributed by atoms with Crippen LogP contribution in [0, 0.1) is 11.8 Å². The maximum atomic E-state index is 12.3. The van der Waals surface area contributed by atoms with Gasteiger partial charge in [0.15, 0.2) is 0 Å². The first-order valence-corrected chi connectivity index (χ1v) is 6.34. The largest absolute Gasteiger partial charge is 0.395 e. The number of carbonyl (C=O) groups is 1. The monoisotopic (exact) mass is 247 g/mol. The number of hydrogen-bond donors (Lipinski definition) is 1. The SMILES string of the molecule is O=C1[C@@H]2CN(CCO)C[C@@H]2CN1c1cccnc1. The van der Waals surface area contributed by atoms with E-state index in [1.54, 1.807) is 12.4 Å². The van der Waals surface area contributed by atoms with Crippen LogP contribution in [0.3, 0.4) is 0 Å². The van der Waals surface area contributed by atoms with Gasteiger partial charge in [-0.3, -0.25) is 14.7 Å². The molecule has 1 aromatic heterocycles. The Morgan fingerprint density at radius 3 is 2.94 bits per heavy atom. The minimum absolute atomic E-state index is 0.0942. The quantitative estimate of drug-likeness (QED) is 0.815. The molecule has 1 aromatic rings. The first-order chi connectivity index (χ1) is 8.79. The van der Waals surface area contributed by atoms with Crippen molar-refractivity contribution < 1.29 is 9.90 Å². The fourth-order valence-corrected chi connectivity index (χ4v) is 3.02. The number of amides is 1. The Morgan fingerprint density at radius 2 is 2.28 bits per heavy atom. The van der Waals surface area contributed by atoms with Crippen molar-refractivity contribution in [3.8, 4) is 0 Å². The number of aliphatic hydroxyl groups is 1. The molecule has 2 saturated heterocycles. The molecule has 96 valence electrons. The normalized spacial score (nSPS) is 27.8. The van der Waals surface area contributed by atoms with Crippen LogP contribution in [0.15, 0.2) is 24.5 Å². The predicted octanol–water partition coefficient (Wildman–Crippen LogP) is -0.0315. The maximum Gasteiger partial charge on any atom is 0.231 e. The molecule has 2 aliphatic heterocycles. The first kappa shape index (κ1) is 11.6. The molecular formula is C13H17N3O2. The van der Waals surface area contributed by atoms with Gasteiger partial charge in [-0.1, -0.05) is 0 Å². The van der Waals surface area contributed by atoms with Crippen LogP contribution in [0.1, 0.15) is 0 Å². The van der Waals surface area contributed by atoms with Crippen molar-refractivity contribution in [1.82, 2.24) is 9.88 Å². The summed E-state index contributed by atoms with van der Waals surface area (Å²) in [6.45, 7) is 3.30. The van der Waals surface area contributed by atoms with Crippen LogP contribution in [0.4, 0.5) is 5.69 Å². The summed E-state index contributed by atoms with van der Waals surface area (Å²) in [5.74, 6) is 0.689. The Bertz CT molecular complexity index is 437. The summed E-state index contributed by atoms with van der Waals surface area (Å²) in [7, 11) is 0. The molecule has 2 fully saturated rings. The van der Waals surface area contributed by atoms with Gasteiger partial charge in [0.1, 0.15) is 0 Å². The van der Waals surface area contributed by atoms with Crippen molar-refractivity contribution >= 4 is 11.6 Å². The van der Waals surface area contributed by atoms with Gasteiger partial charge in [0.25, 0.3) is 0 Å². The zero-order chi connectivity index (χ0) is 12.5. The fourth-order valence-electron chi connectivity index (χ4n) is 3.02. The lowest BCUT2D eigenvalue weighted by Gasteiger charge is -2.20. The molecule has 3 heterocycles. The van der Waals surface area contributed by atoms with E-state index in [4.69, 9.17) is 5.11 Å². The van der Waals surface area contributed by atoms with E-state index in [1.165, 1.54) is 0 Å². The van der Waals surface area contributed by atoms with Crippen LogP contribution in [0.25, 0.3) is 0 Å². The second-order valence-corrected chi connectivity index (χ2v) is 5.01. The lowest BCUT2D eigenvalue weighted by Crippen LogP contribution is -2.33. The van der Waals surface area contributed by atoms with E-state index in [1.807, 2.05) is 17.0 Å². The average Bonchev–Trinajstić information content (AvgIpc) is 2.91. The van der Waals surface area contributed by atoms with E-state index in [0.29, 0.717) is 12.5 Å². The Morgan fingerprint density at radius 1 is 1.39 bits per heavy atom. The highest BCUT2D eigenvalue weighted by Crippen LogP contribution is 2.34. The number of hydrogen-bond acceptors (Lipinski definition) is 4. The fraction of sp³-hybridized carbons (Fsp3) is 0.538. The highest BCUT2D eigenvalue weighted by Gasteiger charge is 2.46. The molecule has 1 N–H and O–H groups in total. The van der Waals surface area contributed by atoms with Gasteiger partial charge in [-0.25, -0.2) is 0 Å². The molecule has 2 aliphatic rings. The summed E-state index contributed by atoms with van der Waals surface area (Å²) in [5.41, 5.74) is 0.894. The van der Waals surface area contributed by atoms with Crippen molar-refractivity contribution in [1.29, 1.82) is 0 Å². The van der Waals surface area contributed by atoms with Crippen LogP contribution in [0.5, 0.6) is 0 Å². The van der Waals surface area contributed by atoms with Crippen LogP contribution < -0.4 is 4.90 Å². The highest BCUT2D eigenvalue weighted by molar-refractivity contribution is 5.97. The molecule has 0 spiro atoms. The smallest absolute Gasteiger partial charge is 0.231 e. The summed E-state index contributed by atoms with van der Waals surface area (Å²) in [6, 6.07) is 3.78. The minimum atomic E-state index is 0.0942. The third-order valence-corrected chi connectivity index (χ3v) is 3.89. The van der Waals surface area contributed by atoms with Crippen LogP contribution in [-0.2, 0) is 4.79 Å². The number of pyridine rings is 1. The number of carbonyl (C=O) groups excluding carboxylic acids is 1. The molecule has 0 unspecified atom stereocenters. The summed E-state index contributed by atoms with van der Waals surface area (Å²) in [6.07, 6.45) is 3.46. The number of likely N-dealkylation sites (tertiary alicyclic amines) is 1. The maximum absolute atomic E-state index is 12.3. The second kappa shape index (κ2) is 4.66. The zero-order valence-corrected chi connectivity index (χ0v) is 10.2. The molecular weight excluding hydrogens is 230 g/mol. The van der Waals surface area contributed by atoms with E-state index < -0.39 is 0 Å². The molecule has 0 aliphatic carbocycles. The number of aliphatic hydroxyl groups excluding tert-OH is 1. The Kier molecular flexibility index (Phi) is 3.01. The summed E-state index contributed by atoms with van der Waals surface area (Å²) in [5, 5.41) is 8.94. The van der Waals surface area contributed by atoms with Crippen LogP contribution in [0.2, 0.25) is 0 Å². The van der Waals surface area contributed by atoms with E-state index >= 15 is 0 Å². The number of fused-ring (bicyclic) bond motifs is 1. The van der Waals surface area contributed by atoms with Crippen LogP contribution in [-0.4, -0.2) is 53.7 Å². The number of aromatic nitrogens is 1. The summed E-state index contributed by atoms with van der Waals surface area (Å²) < 4.78 is 0. The average molecular weight is 247 g/mol. The van der Waals surface area contributed by atoms with E-state index in [2.05, 4.69) is 9.88 Å². The predicted molar refractivity (Wildman–Crippen MR) is 67.1 cm³/mol. The Balaban J connectivity index is 1.73. The van der Waals surface area contributed by atoms with Gasteiger partial charge in [0.2, 0.25) is 5.91 Å². The number of anilines is 1. The molecule has 1 amide bonds. The molecule has 0 aromatic carbocycles. The van der Waals surface area contributed by atoms with Gasteiger partial charge in [-0.15, -0.1) is 0 Å². The molecule has 0 saturated carbocycles. The highest BCUT2D eigenvalue weighted by atomic mass is 16.3. The molecule has 3 rings (SSSR count). The van der Waals surface area contributed by atoms with Gasteiger partial charge in [-0.2, -0.15) is 0 Å². The zero-order valence-electron chi connectivity index (χ0n) is 10.2. The topological polar surface area (TPSA) is 56.7 Å². The number of nitrogens with zero attached hydrogens (tertiary/aromatic N) is 3. The van der Waals surface area contributed by atoms with Gasteiger partial charge >= 0.3 is 0 Å². The van der Waals surface area contributed by atoms with Crippen molar-refractivity contribution in [2.75, 3.05) is 37.7 Å². The van der Waals surface area contributed by atoms with Gasteiger partial charge in [0, 0.05) is 38.3 Å². The molecule has 5 nitrogen and oxygen atoms in total. The lowest BCUT2D eigenvalue weighted by molar-refractivity contribution is -0.120. The second-order valence-electron chi connectivity index (χ2n) is 5.01. The standard InChI is InChI=1S/C13H17N3O2/c17-5-4-15-7-10-8-16(13(18)12(10)9-15)11-2-1-3-14-6-11/h1-3,6,10,12,17H,4-5,7-9H2/t10-,12-/m1/s1. The summed E-state index contributed by atoms with van der Waals surface area (Å²) in [4.78, 5) is 20.4. The molecule has 0 bridgehead atoms. The first-order valence-electron chi connectivity index (χ1n) is 6.34. The van der Waals surface area contributed by atoms with Crippen molar-refractivity contribution in [3.63, 3.8) is 0 Å². The lowest BCUT2D eigenvalue weighted by atomic mass is 10.0. The van der Waals surface area contributed by atoms with E-state index in [-0.39, 0.29) is 18.4 Å². The number of rotatable bonds is 3. The molecule has 18 heavy (non-hydrogen) atoms. The Labute approximate surface area is 106 Å². The Hall–Kier alpha value is -1.46. The summed E-state index contributed by atoms with van der Waals surface area (Å²) >= 11 is 0. The number of β-amino-alcohol motifs (C(OH)–C–C–N with tert-alkyl or cyclic N) is 1. The third-order valence-electron chi connectivity index (χ3n) is 3.89. The molecule has 5 heteroatoms. The van der Waals surface area contributed by atoms with Gasteiger partial charge in [0.05, 0.1) is 24.4 Å². The van der Waals surface area contributed by atoms with E-state index in [9.17, 15) is 4.79 Å². The van der Waals surface area contributed by atoms with Gasteiger partial charge < -0.3 is 10.0 Å². The molecule has 0 radical (unpaired) electrons. The van der Waals surface area contributed by atoms with Crippen molar-refractivity contribution in [3.05, 3.63) is 24.5 Å². The van der Waals surface area contributed by atoms with Crippen molar-refractivity contribution in [2.24, 2.45) is 11.8 Å². The van der Waals surface area contributed by atoms with Crippen LogP contribution >= 0.6 is 0 Å². The third kappa shape index (κ3) is 1.89. The van der Waals surface area contributed by atoms with Crippen molar-refractivity contribution in [2.45, 2.75) is 0 Å².